The molecule has 0 saturated heterocycles. The van der Waals surface area contributed by atoms with Crippen molar-refractivity contribution in [2.45, 2.75) is 18.9 Å². The summed E-state index contributed by atoms with van der Waals surface area (Å²) in [5.41, 5.74) is 2.54. The average molecular weight is 348 g/mol. The van der Waals surface area contributed by atoms with Crippen LogP contribution in [-0.2, 0) is 11.2 Å². The Kier molecular flexibility index (Phi) is 3.58. The summed E-state index contributed by atoms with van der Waals surface area (Å²) in [6, 6.07) is 9.41. The maximum atomic E-state index is 12.6. The topological polar surface area (TPSA) is 127 Å². The number of rotatable bonds is 3. The largest absolute Gasteiger partial charge is 0.480 e. The zero-order chi connectivity index (χ0) is 18.3. The summed E-state index contributed by atoms with van der Waals surface area (Å²) in [5, 5.41) is 29.6. The van der Waals surface area contributed by atoms with E-state index in [-0.39, 0.29) is 5.56 Å². The number of carboxylic acid groups (broad SMARTS) is 1. The van der Waals surface area contributed by atoms with Gasteiger partial charge < -0.3 is 5.11 Å². The number of hydrogen-bond donors (Lipinski definition) is 1. The minimum Gasteiger partial charge on any atom is -0.480 e. The number of nitrogens with zero attached hydrogens (tertiary/aromatic N) is 6. The van der Waals surface area contributed by atoms with E-state index in [1.807, 2.05) is 0 Å². The zero-order valence-corrected chi connectivity index (χ0v) is 13.4. The van der Waals surface area contributed by atoms with Crippen LogP contribution in [0, 0.1) is 11.3 Å². The second-order valence-electron chi connectivity index (χ2n) is 5.93. The second kappa shape index (κ2) is 5.93. The van der Waals surface area contributed by atoms with Crippen LogP contribution in [0.1, 0.15) is 23.7 Å². The van der Waals surface area contributed by atoms with Crippen molar-refractivity contribution < 1.29 is 9.90 Å². The number of pyridine rings is 1. The van der Waals surface area contributed by atoms with Crippen LogP contribution >= 0.6 is 0 Å². The van der Waals surface area contributed by atoms with Gasteiger partial charge in [-0.2, -0.15) is 9.94 Å². The first-order valence-electron chi connectivity index (χ1n) is 7.84. The van der Waals surface area contributed by atoms with Gasteiger partial charge in [0.15, 0.2) is 0 Å². The summed E-state index contributed by atoms with van der Waals surface area (Å²) >= 11 is 0. The standard InChI is InChI=1S/C17H12N6O3/c18-8-10-1-3-14(22-9-19-20-21-22)13(5-10)11-6-12-2-4-15(17(25)26)23(12)16(24)7-11/h1,3,5-7,9,15H,2,4H2,(H,25,26)/t15-/m0/s1. The molecule has 3 heterocycles. The summed E-state index contributed by atoms with van der Waals surface area (Å²) in [5.74, 6) is -1.01. The number of benzene rings is 1. The molecule has 26 heavy (non-hydrogen) atoms. The number of carboxylic acids is 1. The quantitative estimate of drug-likeness (QED) is 0.746. The van der Waals surface area contributed by atoms with Gasteiger partial charge >= 0.3 is 5.97 Å². The number of aliphatic carboxylic acids is 1. The van der Waals surface area contributed by atoms with Crippen LogP contribution in [0.3, 0.4) is 0 Å². The van der Waals surface area contributed by atoms with Crippen LogP contribution < -0.4 is 5.56 Å². The third kappa shape index (κ3) is 2.44. The highest BCUT2D eigenvalue weighted by Gasteiger charge is 2.29. The average Bonchev–Trinajstić information content (AvgIpc) is 3.31. The summed E-state index contributed by atoms with van der Waals surface area (Å²) < 4.78 is 2.76. The number of nitriles is 1. The van der Waals surface area contributed by atoms with Crippen LogP contribution in [0.25, 0.3) is 16.8 Å². The van der Waals surface area contributed by atoms with E-state index in [1.165, 1.54) is 21.6 Å². The van der Waals surface area contributed by atoms with Crippen molar-refractivity contribution in [1.82, 2.24) is 24.8 Å². The van der Waals surface area contributed by atoms with Gasteiger partial charge in [0.2, 0.25) is 0 Å². The molecule has 1 aliphatic heterocycles. The van der Waals surface area contributed by atoms with E-state index in [4.69, 9.17) is 0 Å². The smallest absolute Gasteiger partial charge is 0.326 e. The summed E-state index contributed by atoms with van der Waals surface area (Å²) in [7, 11) is 0. The molecule has 128 valence electrons. The molecule has 1 N–H and O–H groups in total. The van der Waals surface area contributed by atoms with Gasteiger partial charge in [0.25, 0.3) is 5.56 Å². The highest BCUT2D eigenvalue weighted by atomic mass is 16.4. The molecule has 4 rings (SSSR count). The molecule has 2 aromatic heterocycles. The first-order valence-corrected chi connectivity index (χ1v) is 7.84. The number of tetrazole rings is 1. The first kappa shape index (κ1) is 15.7. The normalized spacial score (nSPS) is 15.4. The minimum atomic E-state index is -1.01. The Bertz CT molecular complexity index is 1110. The fraction of sp³-hybridized carbons (Fsp3) is 0.176. The maximum Gasteiger partial charge on any atom is 0.326 e. The second-order valence-corrected chi connectivity index (χ2v) is 5.93. The van der Waals surface area contributed by atoms with Gasteiger partial charge in [-0.25, -0.2) is 4.79 Å². The number of hydrogen-bond acceptors (Lipinski definition) is 6. The van der Waals surface area contributed by atoms with Crippen LogP contribution in [0.4, 0.5) is 0 Å². The van der Waals surface area contributed by atoms with Gasteiger partial charge in [0.05, 0.1) is 17.3 Å². The highest BCUT2D eigenvalue weighted by Crippen LogP contribution is 2.31. The lowest BCUT2D eigenvalue weighted by atomic mass is 10.0. The van der Waals surface area contributed by atoms with Gasteiger partial charge in [-0.05, 0) is 53.1 Å². The predicted octanol–water partition coefficient (Wildman–Crippen LogP) is 0.935. The molecule has 0 aliphatic carbocycles. The Labute approximate surface area is 146 Å². The van der Waals surface area contributed by atoms with Crippen molar-refractivity contribution >= 4 is 5.97 Å². The van der Waals surface area contributed by atoms with Crippen molar-refractivity contribution in [3.05, 3.63) is 58.3 Å². The van der Waals surface area contributed by atoms with Crippen molar-refractivity contribution in [2.75, 3.05) is 0 Å². The van der Waals surface area contributed by atoms with Crippen LogP contribution in [0.2, 0.25) is 0 Å². The van der Waals surface area contributed by atoms with E-state index in [2.05, 4.69) is 21.6 Å². The van der Waals surface area contributed by atoms with E-state index < -0.39 is 12.0 Å². The Morgan fingerprint density at radius 1 is 1.31 bits per heavy atom. The molecular formula is C17H12N6O3. The third-order valence-electron chi connectivity index (χ3n) is 4.45. The number of carbonyl (C=O) groups is 1. The van der Waals surface area contributed by atoms with Crippen molar-refractivity contribution in [3.63, 3.8) is 0 Å². The molecule has 0 saturated carbocycles. The van der Waals surface area contributed by atoms with E-state index in [0.29, 0.717) is 40.9 Å². The molecule has 3 aromatic rings. The molecule has 1 atom stereocenters. The Morgan fingerprint density at radius 2 is 2.15 bits per heavy atom. The Hall–Kier alpha value is -3.80. The molecule has 9 nitrogen and oxygen atoms in total. The molecular weight excluding hydrogens is 336 g/mol. The molecule has 0 amide bonds. The van der Waals surface area contributed by atoms with Crippen molar-refractivity contribution in [3.8, 4) is 22.9 Å². The highest BCUT2D eigenvalue weighted by molar-refractivity contribution is 5.76. The Morgan fingerprint density at radius 3 is 2.85 bits per heavy atom. The van der Waals surface area contributed by atoms with Gasteiger partial charge in [-0.1, -0.05) is 0 Å². The SMILES string of the molecule is N#Cc1ccc(-n2cnnn2)c(-c2cc3n(c(=O)c2)[C@H](C(=O)O)CC3)c1. The fourth-order valence-corrected chi connectivity index (χ4v) is 3.29. The lowest BCUT2D eigenvalue weighted by molar-refractivity contribution is -0.140. The van der Waals surface area contributed by atoms with E-state index in [0.717, 1.165) is 0 Å². The van der Waals surface area contributed by atoms with Crippen molar-refractivity contribution in [1.29, 1.82) is 5.26 Å². The third-order valence-corrected chi connectivity index (χ3v) is 4.45. The lowest BCUT2D eigenvalue weighted by Crippen LogP contribution is -2.27. The minimum absolute atomic E-state index is 0.381. The summed E-state index contributed by atoms with van der Waals surface area (Å²) in [4.78, 5) is 23.9. The van der Waals surface area contributed by atoms with Crippen LogP contribution in [0.15, 0.2) is 41.5 Å². The van der Waals surface area contributed by atoms with Gasteiger partial charge in [0, 0.05) is 17.3 Å². The van der Waals surface area contributed by atoms with Gasteiger partial charge in [-0.3, -0.25) is 9.36 Å². The molecule has 0 spiro atoms. The number of fused-ring (bicyclic) bond motifs is 1. The van der Waals surface area contributed by atoms with E-state index in [9.17, 15) is 20.0 Å². The van der Waals surface area contributed by atoms with Crippen LogP contribution in [-0.4, -0.2) is 35.9 Å². The fourth-order valence-electron chi connectivity index (χ4n) is 3.29. The molecule has 0 fully saturated rings. The lowest BCUT2D eigenvalue weighted by Gasteiger charge is -2.13. The Balaban J connectivity index is 1.92. The molecule has 1 aliphatic rings. The number of aryl methyl sites for hydroxylation is 1. The summed E-state index contributed by atoms with van der Waals surface area (Å²) in [6.07, 6.45) is 2.30. The first-order chi connectivity index (χ1) is 12.6. The molecule has 0 bridgehead atoms. The van der Waals surface area contributed by atoms with Gasteiger partial charge in [0.1, 0.15) is 12.4 Å². The monoisotopic (exact) mass is 348 g/mol. The maximum absolute atomic E-state index is 12.6. The van der Waals surface area contributed by atoms with E-state index >= 15 is 0 Å². The molecule has 0 radical (unpaired) electrons. The van der Waals surface area contributed by atoms with Crippen LogP contribution in [0.5, 0.6) is 0 Å². The van der Waals surface area contributed by atoms with Crippen molar-refractivity contribution in [2.24, 2.45) is 0 Å². The molecule has 0 unspecified atom stereocenters. The number of aromatic nitrogens is 5. The predicted molar refractivity (Wildman–Crippen MR) is 88.6 cm³/mol. The molecule has 1 aromatic carbocycles. The van der Waals surface area contributed by atoms with Gasteiger partial charge in [-0.15, -0.1) is 5.10 Å². The zero-order valence-electron chi connectivity index (χ0n) is 13.4. The molecule has 9 heteroatoms. The summed E-state index contributed by atoms with van der Waals surface area (Å²) in [6.45, 7) is 0. The van der Waals surface area contributed by atoms with E-state index in [1.54, 1.807) is 24.3 Å².